The molecule has 2 fully saturated rings. The average Bonchev–Trinajstić information content (AvgIpc) is 2.62. The van der Waals surface area contributed by atoms with Gasteiger partial charge in [0.2, 0.25) is 5.91 Å². The van der Waals surface area contributed by atoms with Crippen molar-refractivity contribution in [2.45, 2.75) is 25.3 Å². The highest BCUT2D eigenvalue weighted by atomic mass is 16.5. The number of hydrogen-bond acceptors (Lipinski definition) is 5. The molecule has 3 rings (SSSR count). The summed E-state index contributed by atoms with van der Waals surface area (Å²) >= 11 is 0. The predicted molar refractivity (Wildman–Crippen MR) is 91.9 cm³/mol. The Labute approximate surface area is 145 Å². The summed E-state index contributed by atoms with van der Waals surface area (Å²) in [6.45, 7) is 2.03. The third kappa shape index (κ3) is 3.90. The van der Waals surface area contributed by atoms with Crippen LogP contribution in [0.15, 0.2) is 18.2 Å². The Balaban J connectivity index is 1.80. The number of benzene rings is 1. The van der Waals surface area contributed by atoms with E-state index in [0.29, 0.717) is 17.0 Å². The molecule has 0 bridgehead atoms. The van der Waals surface area contributed by atoms with Crippen LogP contribution in [0.3, 0.4) is 0 Å². The van der Waals surface area contributed by atoms with Gasteiger partial charge in [-0.05, 0) is 44.1 Å². The minimum absolute atomic E-state index is 0.148. The largest absolute Gasteiger partial charge is 0.495 e. The zero-order chi connectivity index (χ0) is 17.8. The van der Waals surface area contributed by atoms with Crippen molar-refractivity contribution in [1.82, 2.24) is 16.0 Å². The fourth-order valence-electron chi connectivity index (χ4n) is 3.07. The van der Waals surface area contributed by atoms with Gasteiger partial charge in [0, 0.05) is 24.6 Å². The van der Waals surface area contributed by atoms with Crippen molar-refractivity contribution in [2.75, 3.05) is 31.6 Å². The normalized spacial score (nSPS) is 18.7. The van der Waals surface area contributed by atoms with Crippen LogP contribution >= 0.6 is 0 Å². The van der Waals surface area contributed by atoms with Crippen molar-refractivity contribution in [3.05, 3.63) is 23.8 Å². The average molecular weight is 346 g/mol. The van der Waals surface area contributed by atoms with Crippen LogP contribution in [0.4, 0.5) is 10.5 Å². The van der Waals surface area contributed by atoms with Crippen molar-refractivity contribution >= 4 is 23.5 Å². The summed E-state index contributed by atoms with van der Waals surface area (Å²) in [6.07, 6.45) is 2.00. The summed E-state index contributed by atoms with van der Waals surface area (Å²) in [4.78, 5) is 37.4. The molecule has 1 aromatic carbocycles. The number of anilines is 1. The highest BCUT2D eigenvalue weighted by Crippen LogP contribution is 2.30. The number of nitrogens with zero attached hydrogens (tertiary/aromatic N) is 1. The van der Waals surface area contributed by atoms with Crippen LogP contribution < -0.4 is 25.6 Å². The van der Waals surface area contributed by atoms with Gasteiger partial charge in [-0.15, -0.1) is 0 Å². The molecule has 4 amide bonds. The van der Waals surface area contributed by atoms with Gasteiger partial charge in [0.15, 0.2) is 0 Å². The van der Waals surface area contributed by atoms with E-state index in [0.717, 1.165) is 25.9 Å². The number of carbonyl (C=O) groups excluding carboxylic acids is 3. The molecule has 8 heteroatoms. The number of methoxy groups -OCH3 is 1. The Hall–Kier alpha value is -2.61. The second-order valence-electron chi connectivity index (χ2n) is 6.14. The predicted octanol–water partition coefficient (Wildman–Crippen LogP) is 0.623. The van der Waals surface area contributed by atoms with Crippen molar-refractivity contribution in [2.24, 2.45) is 0 Å². The van der Waals surface area contributed by atoms with Crippen LogP contribution in [0, 0.1) is 0 Å². The van der Waals surface area contributed by atoms with E-state index in [9.17, 15) is 14.4 Å². The first kappa shape index (κ1) is 17.2. The number of piperidine rings is 1. The smallest absolute Gasteiger partial charge is 0.328 e. The van der Waals surface area contributed by atoms with Crippen LogP contribution in [0.1, 0.15) is 29.6 Å². The lowest BCUT2D eigenvalue weighted by Gasteiger charge is -2.28. The van der Waals surface area contributed by atoms with Crippen LogP contribution in [-0.2, 0) is 4.79 Å². The molecule has 8 nitrogen and oxygen atoms in total. The maximum absolute atomic E-state index is 12.5. The molecular weight excluding hydrogens is 324 g/mol. The SMILES string of the molecule is COc1ccc(C(=O)NC2CCNCC2)cc1N1CCC(=O)NC1=O. The molecule has 2 saturated heterocycles. The van der Waals surface area contributed by atoms with Crippen molar-refractivity contribution in [3.63, 3.8) is 0 Å². The quantitative estimate of drug-likeness (QED) is 0.742. The van der Waals surface area contributed by atoms with Crippen LogP contribution in [0.5, 0.6) is 5.75 Å². The number of amides is 4. The van der Waals surface area contributed by atoms with Gasteiger partial charge in [0.1, 0.15) is 5.75 Å². The molecule has 0 saturated carbocycles. The van der Waals surface area contributed by atoms with E-state index in [4.69, 9.17) is 4.74 Å². The molecule has 0 atom stereocenters. The van der Waals surface area contributed by atoms with Crippen LogP contribution in [0.25, 0.3) is 0 Å². The van der Waals surface area contributed by atoms with E-state index in [-0.39, 0.29) is 30.8 Å². The molecule has 134 valence electrons. The Morgan fingerprint density at radius 3 is 2.72 bits per heavy atom. The fraction of sp³-hybridized carbons (Fsp3) is 0.471. The number of ether oxygens (including phenoxy) is 1. The number of nitrogens with one attached hydrogen (secondary N) is 3. The lowest BCUT2D eigenvalue weighted by molar-refractivity contribution is -0.120. The van der Waals surface area contributed by atoms with E-state index in [1.54, 1.807) is 18.2 Å². The molecule has 2 aliphatic rings. The number of rotatable bonds is 4. The summed E-state index contributed by atoms with van der Waals surface area (Å²) in [5.74, 6) is -0.00719. The Bertz CT molecular complexity index is 685. The standard InChI is InChI=1S/C17H22N4O4/c1-25-14-3-2-11(16(23)19-12-4-7-18-8-5-12)10-13(14)21-9-6-15(22)20-17(21)24/h2-3,10,12,18H,4-9H2,1H3,(H,19,23)(H,20,22,24). The molecule has 0 radical (unpaired) electrons. The highest BCUT2D eigenvalue weighted by Gasteiger charge is 2.27. The number of urea groups is 1. The summed E-state index contributed by atoms with van der Waals surface area (Å²) in [5.41, 5.74) is 0.935. The second-order valence-corrected chi connectivity index (χ2v) is 6.14. The molecule has 1 aromatic rings. The van der Waals surface area contributed by atoms with Gasteiger partial charge < -0.3 is 15.4 Å². The summed E-state index contributed by atoms with van der Waals surface area (Å²) in [5, 5.41) is 8.56. The monoisotopic (exact) mass is 346 g/mol. The maximum atomic E-state index is 12.5. The molecule has 0 aliphatic carbocycles. The van der Waals surface area contributed by atoms with Gasteiger partial charge in [-0.2, -0.15) is 0 Å². The van der Waals surface area contributed by atoms with E-state index < -0.39 is 6.03 Å². The topological polar surface area (TPSA) is 99.8 Å². The second kappa shape index (κ2) is 7.52. The molecule has 0 aromatic heterocycles. The van der Waals surface area contributed by atoms with Crippen LogP contribution in [0.2, 0.25) is 0 Å². The third-order valence-corrected chi connectivity index (χ3v) is 4.46. The van der Waals surface area contributed by atoms with Gasteiger partial charge in [-0.3, -0.25) is 19.8 Å². The van der Waals surface area contributed by atoms with E-state index in [1.165, 1.54) is 12.0 Å². The van der Waals surface area contributed by atoms with Gasteiger partial charge in [0.25, 0.3) is 5.91 Å². The molecule has 25 heavy (non-hydrogen) atoms. The summed E-state index contributed by atoms with van der Waals surface area (Å²) < 4.78 is 5.31. The minimum Gasteiger partial charge on any atom is -0.495 e. The summed E-state index contributed by atoms with van der Waals surface area (Å²) in [6, 6.07) is 4.60. The zero-order valence-electron chi connectivity index (χ0n) is 14.1. The Kier molecular flexibility index (Phi) is 5.18. The van der Waals surface area contributed by atoms with E-state index in [1.807, 2.05) is 0 Å². The minimum atomic E-state index is -0.509. The van der Waals surface area contributed by atoms with Crippen molar-refractivity contribution in [1.29, 1.82) is 0 Å². The molecule has 3 N–H and O–H groups in total. The van der Waals surface area contributed by atoms with E-state index in [2.05, 4.69) is 16.0 Å². The van der Waals surface area contributed by atoms with E-state index >= 15 is 0 Å². The Morgan fingerprint density at radius 2 is 2.04 bits per heavy atom. The number of imide groups is 1. The lowest BCUT2D eigenvalue weighted by atomic mass is 10.1. The first-order valence-electron chi connectivity index (χ1n) is 8.39. The Morgan fingerprint density at radius 1 is 1.28 bits per heavy atom. The van der Waals surface area contributed by atoms with Gasteiger partial charge in [0.05, 0.1) is 12.8 Å². The lowest BCUT2D eigenvalue weighted by Crippen LogP contribution is -2.49. The van der Waals surface area contributed by atoms with Crippen molar-refractivity contribution in [3.8, 4) is 5.75 Å². The fourth-order valence-corrected chi connectivity index (χ4v) is 3.07. The first-order valence-corrected chi connectivity index (χ1v) is 8.39. The molecule has 2 aliphatic heterocycles. The van der Waals surface area contributed by atoms with Crippen molar-refractivity contribution < 1.29 is 19.1 Å². The zero-order valence-corrected chi connectivity index (χ0v) is 14.1. The summed E-state index contributed by atoms with van der Waals surface area (Å²) in [7, 11) is 1.50. The number of hydrogen-bond donors (Lipinski definition) is 3. The molecule has 2 heterocycles. The molecule has 0 spiro atoms. The van der Waals surface area contributed by atoms with Gasteiger partial charge >= 0.3 is 6.03 Å². The molecule has 0 unspecified atom stereocenters. The highest BCUT2D eigenvalue weighted by molar-refractivity contribution is 6.07. The maximum Gasteiger partial charge on any atom is 0.328 e. The van der Waals surface area contributed by atoms with Gasteiger partial charge in [-0.1, -0.05) is 0 Å². The third-order valence-electron chi connectivity index (χ3n) is 4.46. The molecular formula is C17H22N4O4. The number of carbonyl (C=O) groups is 3. The first-order chi connectivity index (χ1) is 12.1. The van der Waals surface area contributed by atoms with Gasteiger partial charge in [-0.25, -0.2) is 4.79 Å². The van der Waals surface area contributed by atoms with Crippen LogP contribution in [-0.4, -0.2) is 50.6 Å².